The van der Waals surface area contributed by atoms with E-state index in [1.807, 2.05) is 7.05 Å². The Kier molecular flexibility index (Phi) is 5.43. The first kappa shape index (κ1) is 15.3. The first-order chi connectivity index (χ1) is 9.63. The van der Waals surface area contributed by atoms with Crippen molar-refractivity contribution >= 4 is 22.6 Å². The lowest BCUT2D eigenvalue weighted by atomic mass is 9.98. The van der Waals surface area contributed by atoms with Gasteiger partial charge in [-0.25, -0.2) is 0 Å². The maximum atomic E-state index is 5.42. The number of likely N-dealkylation sites (N-methyl/N-ethyl adjacent to an activating group) is 1. The van der Waals surface area contributed by atoms with Gasteiger partial charge in [0.2, 0.25) is 0 Å². The summed E-state index contributed by atoms with van der Waals surface area (Å²) < 4.78 is 6.69. The first-order valence-corrected chi connectivity index (χ1v) is 7.78. The summed E-state index contributed by atoms with van der Waals surface area (Å²) in [5.41, 5.74) is 3.76. The molecule has 2 rings (SSSR count). The third kappa shape index (κ3) is 3.73. The van der Waals surface area contributed by atoms with E-state index in [1.165, 1.54) is 20.3 Å². The standard InChI is InChI=1S/C17H20INO/c1-12-4-7-14(11-17(12)20-3)16(19-2)10-13-5-8-15(18)9-6-13/h4-9,11,16,19H,10H2,1-3H3. The van der Waals surface area contributed by atoms with Crippen LogP contribution in [0.5, 0.6) is 5.75 Å². The lowest BCUT2D eigenvalue weighted by Crippen LogP contribution is -2.19. The summed E-state index contributed by atoms with van der Waals surface area (Å²) in [5, 5.41) is 3.39. The van der Waals surface area contributed by atoms with Crippen molar-refractivity contribution in [2.75, 3.05) is 14.2 Å². The predicted molar refractivity (Wildman–Crippen MR) is 92.4 cm³/mol. The number of aryl methyl sites for hydroxylation is 1. The fourth-order valence-electron chi connectivity index (χ4n) is 2.30. The number of hydrogen-bond donors (Lipinski definition) is 1. The molecule has 0 bridgehead atoms. The first-order valence-electron chi connectivity index (χ1n) is 6.70. The van der Waals surface area contributed by atoms with E-state index in [0.717, 1.165) is 12.2 Å². The molecule has 2 aromatic carbocycles. The quantitative estimate of drug-likeness (QED) is 0.788. The van der Waals surface area contributed by atoms with E-state index in [0.29, 0.717) is 6.04 Å². The van der Waals surface area contributed by atoms with Crippen LogP contribution in [0.3, 0.4) is 0 Å². The Labute approximate surface area is 134 Å². The number of nitrogens with one attached hydrogen (secondary N) is 1. The van der Waals surface area contributed by atoms with Gasteiger partial charge in [-0.15, -0.1) is 0 Å². The van der Waals surface area contributed by atoms with Gasteiger partial charge in [-0.2, -0.15) is 0 Å². The minimum Gasteiger partial charge on any atom is -0.496 e. The van der Waals surface area contributed by atoms with Crippen LogP contribution in [0.4, 0.5) is 0 Å². The van der Waals surface area contributed by atoms with E-state index in [-0.39, 0.29) is 0 Å². The number of ether oxygens (including phenoxy) is 1. The topological polar surface area (TPSA) is 21.3 Å². The van der Waals surface area contributed by atoms with Crippen molar-refractivity contribution in [2.24, 2.45) is 0 Å². The summed E-state index contributed by atoms with van der Waals surface area (Å²) in [6.45, 7) is 2.07. The fraction of sp³-hybridized carbons (Fsp3) is 0.294. The van der Waals surface area contributed by atoms with Crippen molar-refractivity contribution in [3.8, 4) is 5.75 Å². The number of hydrogen-bond acceptors (Lipinski definition) is 2. The van der Waals surface area contributed by atoms with Gasteiger partial charge in [0.1, 0.15) is 5.75 Å². The Balaban J connectivity index is 2.21. The van der Waals surface area contributed by atoms with Crippen molar-refractivity contribution in [1.82, 2.24) is 5.32 Å². The number of benzene rings is 2. The molecule has 3 heteroatoms. The van der Waals surface area contributed by atoms with Gasteiger partial charge in [0, 0.05) is 9.61 Å². The zero-order valence-corrected chi connectivity index (χ0v) is 14.3. The number of rotatable bonds is 5. The average molecular weight is 381 g/mol. The summed E-state index contributed by atoms with van der Waals surface area (Å²) in [6.07, 6.45) is 0.972. The molecule has 1 unspecified atom stereocenters. The molecule has 20 heavy (non-hydrogen) atoms. The average Bonchev–Trinajstić information content (AvgIpc) is 2.47. The van der Waals surface area contributed by atoms with Gasteiger partial charge in [-0.05, 0) is 77.9 Å². The molecule has 0 aliphatic heterocycles. The highest BCUT2D eigenvalue weighted by Gasteiger charge is 2.12. The highest BCUT2D eigenvalue weighted by atomic mass is 127. The molecule has 0 radical (unpaired) electrons. The van der Waals surface area contributed by atoms with Crippen LogP contribution in [0.1, 0.15) is 22.7 Å². The third-order valence-electron chi connectivity index (χ3n) is 3.54. The Hall–Kier alpha value is -1.07. The second-order valence-corrected chi connectivity index (χ2v) is 6.15. The molecule has 0 aliphatic carbocycles. The van der Waals surface area contributed by atoms with E-state index in [1.54, 1.807) is 7.11 Å². The second kappa shape index (κ2) is 7.09. The number of methoxy groups -OCH3 is 1. The Morgan fingerprint density at radius 3 is 2.45 bits per heavy atom. The monoisotopic (exact) mass is 381 g/mol. The molecule has 0 saturated heterocycles. The Morgan fingerprint density at radius 2 is 1.85 bits per heavy atom. The minimum absolute atomic E-state index is 0.296. The Bertz CT molecular complexity index is 566. The van der Waals surface area contributed by atoms with Gasteiger partial charge >= 0.3 is 0 Å². The normalized spacial score (nSPS) is 12.2. The van der Waals surface area contributed by atoms with Gasteiger partial charge in [0.05, 0.1) is 7.11 Å². The van der Waals surface area contributed by atoms with Crippen molar-refractivity contribution < 1.29 is 4.74 Å². The summed E-state index contributed by atoms with van der Waals surface area (Å²) >= 11 is 2.33. The van der Waals surface area contributed by atoms with Crippen molar-refractivity contribution in [2.45, 2.75) is 19.4 Å². The van der Waals surface area contributed by atoms with Gasteiger partial charge in [0.15, 0.2) is 0 Å². The van der Waals surface area contributed by atoms with E-state index in [4.69, 9.17) is 4.74 Å². The van der Waals surface area contributed by atoms with Crippen LogP contribution in [0.2, 0.25) is 0 Å². The van der Waals surface area contributed by atoms with Crippen LogP contribution >= 0.6 is 22.6 Å². The lowest BCUT2D eigenvalue weighted by molar-refractivity contribution is 0.410. The minimum atomic E-state index is 0.296. The molecule has 0 fully saturated rings. The molecule has 0 saturated carbocycles. The molecule has 0 aliphatic rings. The second-order valence-electron chi connectivity index (χ2n) is 4.90. The van der Waals surface area contributed by atoms with Crippen LogP contribution in [0.15, 0.2) is 42.5 Å². The van der Waals surface area contributed by atoms with Crippen LogP contribution in [-0.2, 0) is 6.42 Å². The van der Waals surface area contributed by atoms with Gasteiger partial charge in [-0.1, -0.05) is 24.3 Å². The van der Waals surface area contributed by atoms with Crippen LogP contribution in [-0.4, -0.2) is 14.2 Å². The third-order valence-corrected chi connectivity index (χ3v) is 4.26. The van der Waals surface area contributed by atoms with Crippen molar-refractivity contribution in [1.29, 1.82) is 0 Å². The van der Waals surface area contributed by atoms with E-state index in [2.05, 4.69) is 77.3 Å². The zero-order chi connectivity index (χ0) is 14.5. The van der Waals surface area contributed by atoms with Gasteiger partial charge in [0.25, 0.3) is 0 Å². The molecule has 1 N–H and O–H groups in total. The van der Waals surface area contributed by atoms with E-state index >= 15 is 0 Å². The summed E-state index contributed by atoms with van der Waals surface area (Å²) in [6, 6.07) is 15.4. The summed E-state index contributed by atoms with van der Waals surface area (Å²) in [4.78, 5) is 0. The molecule has 0 amide bonds. The summed E-state index contributed by atoms with van der Waals surface area (Å²) in [7, 11) is 3.73. The van der Waals surface area contributed by atoms with Gasteiger partial charge < -0.3 is 10.1 Å². The van der Waals surface area contributed by atoms with Crippen molar-refractivity contribution in [3.63, 3.8) is 0 Å². The van der Waals surface area contributed by atoms with Crippen LogP contribution < -0.4 is 10.1 Å². The molecule has 1 atom stereocenters. The molecular formula is C17H20INO. The van der Waals surface area contributed by atoms with E-state index < -0.39 is 0 Å². The van der Waals surface area contributed by atoms with Crippen LogP contribution in [0, 0.1) is 10.5 Å². The molecule has 0 spiro atoms. The smallest absolute Gasteiger partial charge is 0.122 e. The van der Waals surface area contributed by atoms with Crippen LogP contribution in [0.25, 0.3) is 0 Å². The maximum Gasteiger partial charge on any atom is 0.122 e. The SMILES string of the molecule is CNC(Cc1ccc(I)cc1)c1ccc(C)c(OC)c1. The lowest BCUT2D eigenvalue weighted by Gasteiger charge is -2.18. The Morgan fingerprint density at radius 1 is 1.15 bits per heavy atom. The molecular weight excluding hydrogens is 361 g/mol. The molecule has 2 aromatic rings. The largest absolute Gasteiger partial charge is 0.496 e. The molecule has 0 heterocycles. The predicted octanol–water partition coefficient (Wildman–Crippen LogP) is 4.11. The number of halogens is 1. The fourth-order valence-corrected chi connectivity index (χ4v) is 2.66. The van der Waals surface area contributed by atoms with E-state index in [9.17, 15) is 0 Å². The maximum absolute atomic E-state index is 5.42. The highest BCUT2D eigenvalue weighted by Crippen LogP contribution is 2.25. The zero-order valence-electron chi connectivity index (χ0n) is 12.1. The van der Waals surface area contributed by atoms with Crippen molar-refractivity contribution in [3.05, 3.63) is 62.7 Å². The summed E-state index contributed by atoms with van der Waals surface area (Å²) in [5.74, 6) is 0.949. The van der Waals surface area contributed by atoms with Gasteiger partial charge in [-0.3, -0.25) is 0 Å². The highest BCUT2D eigenvalue weighted by molar-refractivity contribution is 14.1. The molecule has 2 nitrogen and oxygen atoms in total. The molecule has 106 valence electrons. The molecule has 0 aromatic heterocycles.